The zero-order chi connectivity index (χ0) is 16.4. The van der Waals surface area contributed by atoms with Gasteiger partial charge in [-0.2, -0.15) is 0 Å². The monoisotopic (exact) mass is 316 g/mol. The van der Waals surface area contributed by atoms with Gasteiger partial charge in [0.2, 0.25) is 0 Å². The van der Waals surface area contributed by atoms with Crippen LogP contribution >= 0.6 is 0 Å². The van der Waals surface area contributed by atoms with Crippen LogP contribution in [0.4, 0.5) is 0 Å². The predicted molar refractivity (Wildman–Crippen MR) is 89.8 cm³/mol. The Morgan fingerprint density at radius 2 is 2.00 bits per heavy atom. The quantitative estimate of drug-likeness (QED) is 0.827. The zero-order valence-electron chi connectivity index (χ0n) is 14.4. The molecule has 2 N–H and O–H groups in total. The Kier molecular flexibility index (Phi) is 3.42. The standard InChI is InChI=1S/C20H28O3/c1-11-8-12-9-13(21)10-16(23-3)19(12)14-6-7-20(2)15(18(11)14)4-5-17(20)22/h9-11,14-15,17-18,21-22H,4-8H2,1-3H3/t11?,14-,15-,17+,18+,20-/m0/s1. The van der Waals surface area contributed by atoms with Crippen LogP contribution in [0.5, 0.6) is 11.5 Å². The molecule has 1 aromatic rings. The van der Waals surface area contributed by atoms with Crippen molar-refractivity contribution in [1.82, 2.24) is 0 Å². The first-order valence-electron chi connectivity index (χ1n) is 9.03. The van der Waals surface area contributed by atoms with E-state index in [1.807, 2.05) is 6.07 Å². The Balaban J connectivity index is 1.80. The van der Waals surface area contributed by atoms with Gasteiger partial charge < -0.3 is 14.9 Å². The molecule has 3 heteroatoms. The van der Waals surface area contributed by atoms with Gasteiger partial charge >= 0.3 is 0 Å². The van der Waals surface area contributed by atoms with E-state index in [1.54, 1.807) is 13.2 Å². The second kappa shape index (κ2) is 5.14. The van der Waals surface area contributed by atoms with Crippen molar-refractivity contribution in [2.45, 2.75) is 58.0 Å². The van der Waals surface area contributed by atoms with Crippen molar-refractivity contribution < 1.29 is 14.9 Å². The average Bonchev–Trinajstić information content (AvgIpc) is 2.81. The van der Waals surface area contributed by atoms with Gasteiger partial charge in [-0.25, -0.2) is 0 Å². The largest absolute Gasteiger partial charge is 0.508 e. The van der Waals surface area contributed by atoms with Gasteiger partial charge in [-0.1, -0.05) is 13.8 Å². The highest BCUT2D eigenvalue weighted by Crippen LogP contribution is 2.63. The summed E-state index contributed by atoms with van der Waals surface area (Å²) in [6.45, 7) is 4.66. The summed E-state index contributed by atoms with van der Waals surface area (Å²) >= 11 is 0. The molecule has 1 aromatic carbocycles. The van der Waals surface area contributed by atoms with Crippen molar-refractivity contribution in [3.8, 4) is 11.5 Å². The lowest BCUT2D eigenvalue weighted by Gasteiger charge is -2.52. The van der Waals surface area contributed by atoms with E-state index in [9.17, 15) is 10.2 Å². The number of phenols is 1. The lowest BCUT2D eigenvalue weighted by Crippen LogP contribution is -2.46. The fourth-order valence-corrected chi connectivity index (χ4v) is 6.21. The lowest BCUT2D eigenvalue weighted by atomic mass is 9.52. The van der Waals surface area contributed by atoms with Gasteiger partial charge in [-0.3, -0.25) is 0 Å². The molecule has 3 aliphatic carbocycles. The summed E-state index contributed by atoms with van der Waals surface area (Å²) in [6.07, 6.45) is 5.19. The van der Waals surface area contributed by atoms with Gasteiger partial charge in [0.25, 0.3) is 0 Å². The number of phenolic OH excluding ortho intramolecular Hbond substituents is 1. The van der Waals surface area contributed by atoms with Crippen molar-refractivity contribution in [3.05, 3.63) is 23.3 Å². The van der Waals surface area contributed by atoms with E-state index in [1.165, 1.54) is 11.1 Å². The first-order chi connectivity index (χ1) is 11.0. The Hall–Kier alpha value is -1.22. The van der Waals surface area contributed by atoms with Crippen LogP contribution in [0.2, 0.25) is 0 Å². The summed E-state index contributed by atoms with van der Waals surface area (Å²) in [6, 6.07) is 3.70. The molecule has 0 bridgehead atoms. The minimum absolute atomic E-state index is 0.0943. The van der Waals surface area contributed by atoms with E-state index < -0.39 is 0 Å². The number of methoxy groups -OCH3 is 1. The molecule has 0 aliphatic heterocycles. The number of fused-ring (bicyclic) bond motifs is 5. The number of hydrogen-bond acceptors (Lipinski definition) is 3. The van der Waals surface area contributed by atoms with Gasteiger partial charge in [0.1, 0.15) is 11.5 Å². The van der Waals surface area contributed by atoms with Crippen LogP contribution in [-0.4, -0.2) is 23.4 Å². The molecule has 3 nitrogen and oxygen atoms in total. The van der Waals surface area contributed by atoms with E-state index in [4.69, 9.17) is 4.74 Å². The van der Waals surface area contributed by atoms with Crippen LogP contribution in [0.25, 0.3) is 0 Å². The minimum Gasteiger partial charge on any atom is -0.508 e. The molecule has 23 heavy (non-hydrogen) atoms. The van der Waals surface area contributed by atoms with Crippen LogP contribution in [0.15, 0.2) is 12.1 Å². The maximum atomic E-state index is 10.5. The number of benzene rings is 1. The van der Waals surface area contributed by atoms with Crippen molar-refractivity contribution in [1.29, 1.82) is 0 Å². The van der Waals surface area contributed by atoms with E-state index in [2.05, 4.69) is 13.8 Å². The molecule has 0 aromatic heterocycles. The topological polar surface area (TPSA) is 49.7 Å². The summed E-state index contributed by atoms with van der Waals surface area (Å²) in [5.74, 6) is 3.49. The Morgan fingerprint density at radius 3 is 2.74 bits per heavy atom. The molecular formula is C20H28O3. The number of aliphatic hydroxyl groups is 1. The molecule has 0 saturated heterocycles. The van der Waals surface area contributed by atoms with Crippen molar-refractivity contribution in [2.75, 3.05) is 7.11 Å². The number of ether oxygens (including phenoxy) is 1. The van der Waals surface area contributed by atoms with Crippen molar-refractivity contribution >= 4 is 0 Å². The number of aromatic hydroxyl groups is 1. The van der Waals surface area contributed by atoms with Crippen LogP contribution in [0.1, 0.15) is 56.6 Å². The molecule has 2 fully saturated rings. The second-order valence-corrected chi connectivity index (χ2v) is 8.33. The maximum Gasteiger partial charge on any atom is 0.126 e. The fourth-order valence-electron chi connectivity index (χ4n) is 6.21. The number of aliphatic hydroxyl groups excluding tert-OH is 1. The second-order valence-electron chi connectivity index (χ2n) is 8.33. The molecule has 0 spiro atoms. The SMILES string of the molecule is COc1cc(O)cc2c1[C@H]1CC[C@]3(C)[C@H](O)CC[C@H]3[C@@H]1C(C)C2. The third-order valence-electron chi connectivity index (χ3n) is 7.28. The smallest absolute Gasteiger partial charge is 0.126 e. The van der Waals surface area contributed by atoms with Crippen LogP contribution < -0.4 is 4.74 Å². The van der Waals surface area contributed by atoms with Crippen molar-refractivity contribution in [2.24, 2.45) is 23.2 Å². The van der Waals surface area contributed by atoms with Gasteiger partial charge in [-0.05, 0) is 72.8 Å². The summed E-state index contributed by atoms with van der Waals surface area (Å²) < 4.78 is 5.63. The van der Waals surface area contributed by atoms with Gasteiger partial charge in [0.05, 0.1) is 13.2 Å². The summed E-state index contributed by atoms with van der Waals surface area (Å²) in [5, 5.41) is 20.5. The molecule has 0 amide bonds. The highest BCUT2D eigenvalue weighted by atomic mass is 16.5. The normalized spacial score (nSPS) is 41.8. The number of rotatable bonds is 1. The van der Waals surface area contributed by atoms with Crippen molar-refractivity contribution in [3.63, 3.8) is 0 Å². The highest BCUT2D eigenvalue weighted by Gasteiger charge is 2.56. The summed E-state index contributed by atoms with van der Waals surface area (Å²) in [7, 11) is 1.70. The molecule has 126 valence electrons. The Morgan fingerprint density at radius 1 is 1.22 bits per heavy atom. The highest BCUT2D eigenvalue weighted by molar-refractivity contribution is 5.50. The first kappa shape index (κ1) is 15.3. The van der Waals surface area contributed by atoms with E-state index in [0.717, 1.165) is 37.9 Å². The van der Waals surface area contributed by atoms with E-state index in [-0.39, 0.29) is 11.5 Å². The molecule has 6 atom stereocenters. The third-order valence-corrected chi connectivity index (χ3v) is 7.28. The summed E-state index contributed by atoms with van der Waals surface area (Å²) in [5.41, 5.74) is 2.69. The third kappa shape index (κ3) is 2.05. The molecule has 2 saturated carbocycles. The van der Waals surface area contributed by atoms with Crippen LogP contribution in [0.3, 0.4) is 0 Å². The molecule has 0 radical (unpaired) electrons. The molecule has 3 aliphatic rings. The molecular weight excluding hydrogens is 288 g/mol. The lowest BCUT2D eigenvalue weighted by molar-refractivity contribution is -0.0359. The summed E-state index contributed by atoms with van der Waals surface area (Å²) in [4.78, 5) is 0. The van der Waals surface area contributed by atoms with E-state index in [0.29, 0.717) is 29.4 Å². The van der Waals surface area contributed by atoms with Crippen LogP contribution in [0, 0.1) is 23.2 Å². The maximum absolute atomic E-state index is 10.5. The zero-order valence-corrected chi connectivity index (χ0v) is 14.4. The van der Waals surface area contributed by atoms with Gasteiger partial charge in [0, 0.05) is 11.6 Å². The van der Waals surface area contributed by atoms with Gasteiger partial charge in [0.15, 0.2) is 0 Å². The first-order valence-corrected chi connectivity index (χ1v) is 9.03. The number of hydrogen-bond donors (Lipinski definition) is 2. The fraction of sp³-hybridized carbons (Fsp3) is 0.700. The Labute approximate surface area is 138 Å². The van der Waals surface area contributed by atoms with Gasteiger partial charge in [-0.15, -0.1) is 0 Å². The average molecular weight is 316 g/mol. The Bertz CT molecular complexity index is 626. The van der Waals surface area contributed by atoms with Crippen LogP contribution in [-0.2, 0) is 6.42 Å². The molecule has 4 rings (SSSR count). The minimum atomic E-state index is -0.135. The molecule has 1 unspecified atom stereocenters. The molecule has 0 heterocycles. The van der Waals surface area contributed by atoms with E-state index >= 15 is 0 Å². The predicted octanol–water partition coefficient (Wildman–Crippen LogP) is 3.86.